The minimum Gasteiger partial charge on any atom is -0.365 e. The number of fused-ring (bicyclic) bond motifs is 1. The zero-order valence-electron chi connectivity index (χ0n) is 15.5. The van der Waals surface area contributed by atoms with E-state index in [4.69, 9.17) is 5.73 Å². The summed E-state index contributed by atoms with van der Waals surface area (Å²) in [5.74, 6) is -0.798. The van der Waals surface area contributed by atoms with Crippen LogP contribution in [0.2, 0.25) is 0 Å². The molecule has 2 aromatic rings. The maximum absolute atomic E-state index is 13.2. The summed E-state index contributed by atoms with van der Waals surface area (Å²) in [5, 5.41) is 6.60. The Hall–Kier alpha value is -2.25. The number of aryl methyl sites for hydroxylation is 1. The molecule has 1 heterocycles. The standard InChI is InChI=1S/C20H24FN3O2S/c1-11(2)18(12-6-8-13(21)9-7-12)23-10-16(25)24-20-17(19(22)26)14-4-3-5-15(14)27-20/h6-9,11,18,23H,3-5,10H2,1-2H3,(H2,22,26)(H,24,25)/t18-/m0/s1. The van der Waals surface area contributed by atoms with Crippen LogP contribution < -0.4 is 16.4 Å². The Balaban J connectivity index is 1.67. The third kappa shape index (κ3) is 4.36. The van der Waals surface area contributed by atoms with Crippen LogP contribution in [0.4, 0.5) is 9.39 Å². The Morgan fingerprint density at radius 2 is 1.93 bits per heavy atom. The Kier molecular flexibility index (Phi) is 5.92. The average molecular weight is 389 g/mol. The number of halogens is 1. The van der Waals surface area contributed by atoms with E-state index in [9.17, 15) is 14.0 Å². The molecule has 7 heteroatoms. The molecular weight excluding hydrogens is 365 g/mol. The molecule has 1 aliphatic rings. The summed E-state index contributed by atoms with van der Waals surface area (Å²) in [6.07, 6.45) is 2.78. The number of hydrogen-bond donors (Lipinski definition) is 3. The van der Waals surface area contributed by atoms with Gasteiger partial charge in [0.05, 0.1) is 12.1 Å². The minimum atomic E-state index is -0.496. The maximum Gasteiger partial charge on any atom is 0.251 e. The lowest BCUT2D eigenvalue weighted by molar-refractivity contribution is -0.115. The molecule has 1 aliphatic carbocycles. The fourth-order valence-corrected chi connectivity index (χ4v) is 4.85. The lowest BCUT2D eigenvalue weighted by atomic mass is 9.96. The van der Waals surface area contributed by atoms with Crippen LogP contribution in [-0.2, 0) is 17.6 Å². The predicted octanol–water partition coefficient (Wildman–Crippen LogP) is 3.40. The van der Waals surface area contributed by atoms with E-state index < -0.39 is 5.91 Å². The SMILES string of the molecule is CC(C)[C@H](NCC(=O)Nc1sc2c(c1C(N)=O)CCC2)c1ccc(F)cc1. The molecule has 1 aromatic heterocycles. The summed E-state index contributed by atoms with van der Waals surface area (Å²) >= 11 is 1.44. The highest BCUT2D eigenvalue weighted by atomic mass is 32.1. The van der Waals surface area contributed by atoms with Crippen LogP contribution in [0.1, 0.15) is 52.7 Å². The summed E-state index contributed by atoms with van der Waals surface area (Å²) in [7, 11) is 0. The molecule has 0 bridgehead atoms. The molecule has 0 spiro atoms. The second-order valence-electron chi connectivity index (χ2n) is 7.13. The molecule has 1 aromatic carbocycles. The van der Waals surface area contributed by atoms with Gasteiger partial charge in [-0.2, -0.15) is 0 Å². The number of primary amides is 1. The lowest BCUT2D eigenvalue weighted by Gasteiger charge is -2.22. The Morgan fingerprint density at radius 1 is 1.22 bits per heavy atom. The summed E-state index contributed by atoms with van der Waals surface area (Å²) in [6.45, 7) is 4.16. The van der Waals surface area contributed by atoms with E-state index in [1.807, 2.05) is 13.8 Å². The van der Waals surface area contributed by atoms with Crippen LogP contribution in [0, 0.1) is 11.7 Å². The number of benzene rings is 1. The van der Waals surface area contributed by atoms with Crippen molar-refractivity contribution in [2.45, 2.75) is 39.2 Å². The summed E-state index contributed by atoms with van der Waals surface area (Å²) in [6, 6.07) is 6.19. The number of carbonyl (C=O) groups is 2. The molecule has 4 N–H and O–H groups in total. The Labute approximate surface area is 162 Å². The third-order valence-electron chi connectivity index (χ3n) is 4.80. The first-order chi connectivity index (χ1) is 12.9. The number of carbonyl (C=O) groups excluding carboxylic acids is 2. The molecule has 27 heavy (non-hydrogen) atoms. The molecule has 0 saturated carbocycles. The van der Waals surface area contributed by atoms with Gasteiger partial charge in [0.25, 0.3) is 5.91 Å². The second-order valence-corrected chi connectivity index (χ2v) is 8.23. The van der Waals surface area contributed by atoms with Gasteiger partial charge >= 0.3 is 0 Å². The van der Waals surface area contributed by atoms with E-state index in [1.54, 1.807) is 12.1 Å². The molecule has 1 atom stereocenters. The van der Waals surface area contributed by atoms with Crippen LogP contribution in [-0.4, -0.2) is 18.4 Å². The van der Waals surface area contributed by atoms with Gasteiger partial charge in [-0.1, -0.05) is 26.0 Å². The van der Waals surface area contributed by atoms with Crippen molar-refractivity contribution in [1.29, 1.82) is 0 Å². The first-order valence-corrected chi connectivity index (χ1v) is 9.91. The summed E-state index contributed by atoms with van der Waals surface area (Å²) in [5.41, 5.74) is 7.90. The minimum absolute atomic E-state index is 0.0831. The van der Waals surface area contributed by atoms with Gasteiger partial charge in [-0.25, -0.2) is 4.39 Å². The van der Waals surface area contributed by atoms with Crippen molar-refractivity contribution in [2.75, 3.05) is 11.9 Å². The van der Waals surface area contributed by atoms with Crippen LogP contribution >= 0.6 is 11.3 Å². The molecule has 5 nitrogen and oxygen atoms in total. The molecule has 3 rings (SSSR count). The Bertz CT molecular complexity index is 846. The fourth-order valence-electron chi connectivity index (χ4n) is 3.54. The van der Waals surface area contributed by atoms with E-state index in [0.29, 0.717) is 10.6 Å². The van der Waals surface area contributed by atoms with Gasteiger partial charge in [0.2, 0.25) is 5.91 Å². The molecule has 2 amide bonds. The number of nitrogens with two attached hydrogens (primary N) is 1. The molecule has 0 fully saturated rings. The van der Waals surface area contributed by atoms with Crippen molar-refractivity contribution >= 4 is 28.2 Å². The van der Waals surface area contributed by atoms with E-state index >= 15 is 0 Å². The highest BCUT2D eigenvalue weighted by Gasteiger charge is 2.26. The van der Waals surface area contributed by atoms with Gasteiger partial charge in [0.1, 0.15) is 10.8 Å². The lowest BCUT2D eigenvalue weighted by Crippen LogP contribution is -2.34. The number of thiophene rings is 1. The van der Waals surface area contributed by atoms with E-state index in [1.165, 1.54) is 23.5 Å². The number of amides is 2. The number of nitrogens with one attached hydrogen (secondary N) is 2. The monoisotopic (exact) mass is 389 g/mol. The van der Waals surface area contributed by atoms with Crippen molar-refractivity contribution in [3.8, 4) is 0 Å². The third-order valence-corrected chi connectivity index (χ3v) is 6.01. The van der Waals surface area contributed by atoms with Gasteiger partial charge in [-0.3, -0.25) is 9.59 Å². The average Bonchev–Trinajstić information content (AvgIpc) is 3.16. The van der Waals surface area contributed by atoms with Gasteiger partial charge < -0.3 is 16.4 Å². The van der Waals surface area contributed by atoms with Crippen molar-refractivity contribution in [3.05, 3.63) is 51.7 Å². The molecule has 0 aliphatic heterocycles. The first-order valence-electron chi connectivity index (χ1n) is 9.10. The van der Waals surface area contributed by atoms with Crippen LogP contribution in [0.5, 0.6) is 0 Å². The van der Waals surface area contributed by atoms with E-state index in [-0.39, 0.29) is 30.2 Å². The van der Waals surface area contributed by atoms with Crippen LogP contribution in [0.15, 0.2) is 24.3 Å². The van der Waals surface area contributed by atoms with Gasteiger partial charge in [-0.05, 0) is 48.4 Å². The summed E-state index contributed by atoms with van der Waals surface area (Å²) < 4.78 is 13.2. The van der Waals surface area contributed by atoms with Gasteiger partial charge in [0.15, 0.2) is 0 Å². The second kappa shape index (κ2) is 8.19. The predicted molar refractivity (Wildman–Crippen MR) is 105 cm³/mol. The summed E-state index contributed by atoms with van der Waals surface area (Å²) in [4.78, 5) is 25.4. The van der Waals surface area contributed by atoms with E-state index in [0.717, 1.165) is 35.3 Å². The largest absolute Gasteiger partial charge is 0.365 e. The van der Waals surface area contributed by atoms with Gasteiger partial charge in [0, 0.05) is 10.9 Å². The molecule has 0 radical (unpaired) electrons. The number of anilines is 1. The van der Waals surface area contributed by atoms with Crippen LogP contribution in [0.25, 0.3) is 0 Å². The maximum atomic E-state index is 13.2. The van der Waals surface area contributed by atoms with Crippen molar-refractivity contribution < 1.29 is 14.0 Å². The number of rotatable bonds is 7. The normalized spacial score (nSPS) is 14.2. The fraction of sp³-hybridized carbons (Fsp3) is 0.400. The Morgan fingerprint density at radius 3 is 2.56 bits per heavy atom. The highest BCUT2D eigenvalue weighted by molar-refractivity contribution is 7.17. The first kappa shape index (κ1) is 19.5. The zero-order valence-corrected chi connectivity index (χ0v) is 16.3. The van der Waals surface area contributed by atoms with Crippen molar-refractivity contribution in [3.63, 3.8) is 0 Å². The smallest absolute Gasteiger partial charge is 0.251 e. The molecule has 144 valence electrons. The van der Waals surface area contributed by atoms with Crippen molar-refractivity contribution in [1.82, 2.24) is 5.32 Å². The van der Waals surface area contributed by atoms with Crippen molar-refractivity contribution in [2.24, 2.45) is 11.7 Å². The molecule has 0 saturated heterocycles. The topological polar surface area (TPSA) is 84.2 Å². The molecular formula is C20H24FN3O2S. The molecule has 0 unspecified atom stereocenters. The van der Waals surface area contributed by atoms with E-state index in [2.05, 4.69) is 10.6 Å². The number of hydrogen-bond acceptors (Lipinski definition) is 4. The quantitative estimate of drug-likeness (QED) is 0.679. The van der Waals surface area contributed by atoms with Gasteiger partial charge in [-0.15, -0.1) is 11.3 Å². The van der Waals surface area contributed by atoms with Crippen LogP contribution in [0.3, 0.4) is 0 Å². The zero-order chi connectivity index (χ0) is 19.6. The highest BCUT2D eigenvalue weighted by Crippen LogP contribution is 2.38.